The number of hydrogen-bond acceptors (Lipinski definition) is 4. The van der Waals surface area contributed by atoms with Crippen LogP contribution in [0.2, 0.25) is 0 Å². The Kier molecular flexibility index (Phi) is 3.55. The topological polar surface area (TPSA) is 66.0 Å². The van der Waals surface area contributed by atoms with Crippen molar-refractivity contribution in [2.45, 2.75) is 13.8 Å². The molecule has 0 radical (unpaired) electrons. The van der Waals surface area contributed by atoms with E-state index in [1.165, 1.54) is 11.1 Å². The minimum Gasteiger partial charge on any atom is -0.494 e. The predicted octanol–water partition coefficient (Wildman–Crippen LogP) is 3.14. The summed E-state index contributed by atoms with van der Waals surface area (Å²) in [5.41, 5.74) is 11.6. The zero-order valence-corrected chi connectivity index (χ0v) is 12.9. The predicted molar refractivity (Wildman–Crippen MR) is 87.2 cm³/mol. The van der Waals surface area contributed by atoms with Gasteiger partial charge >= 0.3 is 0 Å². The number of rotatable bonds is 3. The molecule has 5 nitrogen and oxygen atoms in total. The molecule has 112 valence electrons. The van der Waals surface area contributed by atoms with Gasteiger partial charge in [0.05, 0.1) is 13.3 Å². The highest BCUT2D eigenvalue weighted by molar-refractivity contribution is 5.64. The number of nitrogens with two attached hydrogens (primary N) is 1. The molecule has 2 aromatic carbocycles. The van der Waals surface area contributed by atoms with Crippen LogP contribution >= 0.6 is 0 Å². The quantitative estimate of drug-likeness (QED) is 0.754. The van der Waals surface area contributed by atoms with Gasteiger partial charge < -0.3 is 10.5 Å². The highest BCUT2D eigenvalue weighted by Gasteiger charge is 2.11. The molecular weight excluding hydrogens is 276 g/mol. The van der Waals surface area contributed by atoms with E-state index in [1.807, 2.05) is 18.3 Å². The normalized spacial score (nSPS) is 10.7. The van der Waals surface area contributed by atoms with Gasteiger partial charge in [-0.25, -0.2) is 4.68 Å². The number of ether oxygens (including phenoxy) is 1. The third-order valence-corrected chi connectivity index (χ3v) is 3.60. The Hall–Kier alpha value is -2.82. The van der Waals surface area contributed by atoms with Crippen LogP contribution in [0.3, 0.4) is 0 Å². The van der Waals surface area contributed by atoms with Gasteiger partial charge in [-0.05, 0) is 37.6 Å². The van der Waals surface area contributed by atoms with E-state index in [1.54, 1.807) is 17.9 Å². The van der Waals surface area contributed by atoms with E-state index in [9.17, 15) is 0 Å². The van der Waals surface area contributed by atoms with Gasteiger partial charge in [0.1, 0.15) is 17.1 Å². The number of nitrogens with zero attached hydrogens (tertiary/aromatic N) is 3. The number of nitrogen functional groups attached to an aromatic ring is 1. The summed E-state index contributed by atoms with van der Waals surface area (Å²) in [6.45, 7) is 4.15. The molecule has 0 unspecified atom stereocenters. The molecule has 0 amide bonds. The molecule has 0 aliphatic rings. The maximum atomic E-state index is 5.86. The van der Waals surface area contributed by atoms with Crippen LogP contribution in [0, 0.1) is 13.8 Å². The first kappa shape index (κ1) is 14.1. The van der Waals surface area contributed by atoms with Crippen LogP contribution in [0.4, 0.5) is 5.69 Å². The third kappa shape index (κ3) is 2.53. The lowest BCUT2D eigenvalue weighted by Crippen LogP contribution is -2.00. The Labute approximate surface area is 129 Å². The standard InChI is InChI=1S/C17H18N4O/c1-11-4-6-14(12(2)8-11)15-10-21(20-19-15)16-9-13(18)5-7-17(16)22-3/h4-10H,18H2,1-3H3. The van der Waals surface area contributed by atoms with Crippen LogP contribution < -0.4 is 10.5 Å². The zero-order valence-electron chi connectivity index (χ0n) is 12.9. The first-order valence-corrected chi connectivity index (χ1v) is 7.02. The van der Waals surface area contributed by atoms with Crippen LogP contribution in [0.5, 0.6) is 5.75 Å². The number of aryl methyl sites for hydroxylation is 2. The average Bonchev–Trinajstić information content (AvgIpc) is 2.96. The zero-order chi connectivity index (χ0) is 15.7. The summed E-state index contributed by atoms with van der Waals surface area (Å²) in [6, 6.07) is 11.7. The van der Waals surface area contributed by atoms with E-state index in [0.29, 0.717) is 11.4 Å². The third-order valence-electron chi connectivity index (χ3n) is 3.60. The number of anilines is 1. The van der Waals surface area contributed by atoms with Crippen LogP contribution in [-0.4, -0.2) is 22.1 Å². The summed E-state index contributed by atoms with van der Waals surface area (Å²) >= 11 is 0. The molecule has 0 saturated heterocycles. The number of aromatic nitrogens is 3. The summed E-state index contributed by atoms with van der Waals surface area (Å²) < 4.78 is 7.05. The van der Waals surface area contributed by atoms with Gasteiger partial charge in [-0.3, -0.25) is 0 Å². The molecule has 0 atom stereocenters. The van der Waals surface area contributed by atoms with Crippen LogP contribution in [0.1, 0.15) is 11.1 Å². The minimum atomic E-state index is 0.652. The smallest absolute Gasteiger partial charge is 0.144 e. The number of hydrogen-bond donors (Lipinski definition) is 1. The van der Waals surface area contributed by atoms with Crippen molar-refractivity contribution < 1.29 is 4.74 Å². The first-order chi connectivity index (χ1) is 10.6. The summed E-state index contributed by atoms with van der Waals surface area (Å²) in [6.07, 6.45) is 1.88. The Balaban J connectivity index is 2.06. The van der Waals surface area contributed by atoms with Gasteiger partial charge in [0.25, 0.3) is 0 Å². The van der Waals surface area contributed by atoms with Crippen molar-refractivity contribution in [3.8, 4) is 22.7 Å². The number of methoxy groups -OCH3 is 1. The van der Waals surface area contributed by atoms with Crippen molar-refractivity contribution in [2.24, 2.45) is 0 Å². The van der Waals surface area contributed by atoms with Gasteiger partial charge in [-0.2, -0.15) is 0 Å². The second-order valence-corrected chi connectivity index (χ2v) is 5.30. The summed E-state index contributed by atoms with van der Waals surface area (Å²) in [7, 11) is 1.62. The molecule has 22 heavy (non-hydrogen) atoms. The van der Waals surface area contributed by atoms with Crippen molar-refractivity contribution in [3.63, 3.8) is 0 Å². The molecule has 0 saturated carbocycles. The van der Waals surface area contributed by atoms with Crippen molar-refractivity contribution in [3.05, 3.63) is 53.7 Å². The molecule has 5 heteroatoms. The Morgan fingerprint density at radius 1 is 1.09 bits per heavy atom. The maximum Gasteiger partial charge on any atom is 0.144 e. The van der Waals surface area contributed by atoms with E-state index in [-0.39, 0.29) is 0 Å². The van der Waals surface area contributed by atoms with Gasteiger partial charge in [-0.1, -0.05) is 29.0 Å². The second-order valence-electron chi connectivity index (χ2n) is 5.30. The lowest BCUT2D eigenvalue weighted by molar-refractivity contribution is 0.411. The molecule has 2 N–H and O–H groups in total. The molecule has 3 rings (SSSR count). The second kappa shape index (κ2) is 5.52. The van der Waals surface area contributed by atoms with Crippen molar-refractivity contribution in [2.75, 3.05) is 12.8 Å². The summed E-state index contributed by atoms with van der Waals surface area (Å²) in [5.74, 6) is 0.700. The SMILES string of the molecule is COc1ccc(N)cc1-n1cc(-c2ccc(C)cc2C)nn1. The van der Waals surface area contributed by atoms with Gasteiger partial charge in [0.15, 0.2) is 0 Å². The monoisotopic (exact) mass is 294 g/mol. The molecule has 0 fully saturated rings. The lowest BCUT2D eigenvalue weighted by Gasteiger charge is -2.08. The summed E-state index contributed by atoms with van der Waals surface area (Å²) in [5, 5.41) is 8.48. The number of benzene rings is 2. The van der Waals surface area contributed by atoms with Crippen LogP contribution in [0.25, 0.3) is 16.9 Å². The minimum absolute atomic E-state index is 0.652. The van der Waals surface area contributed by atoms with Crippen LogP contribution in [0.15, 0.2) is 42.6 Å². The van der Waals surface area contributed by atoms with Crippen molar-refractivity contribution in [1.82, 2.24) is 15.0 Å². The lowest BCUT2D eigenvalue weighted by atomic mass is 10.0. The molecule has 1 aromatic heterocycles. The van der Waals surface area contributed by atoms with E-state index in [4.69, 9.17) is 10.5 Å². The Bertz CT molecular complexity index is 823. The van der Waals surface area contributed by atoms with Gasteiger partial charge in [-0.15, -0.1) is 5.10 Å². The molecule has 0 aliphatic heterocycles. The van der Waals surface area contributed by atoms with Gasteiger partial charge in [0, 0.05) is 11.3 Å². The average molecular weight is 294 g/mol. The summed E-state index contributed by atoms with van der Waals surface area (Å²) in [4.78, 5) is 0. The van der Waals surface area contributed by atoms with E-state index >= 15 is 0 Å². The fourth-order valence-electron chi connectivity index (χ4n) is 2.49. The molecule has 1 heterocycles. The van der Waals surface area contributed by atoms with Crippen LogP contribution in [-0.2, 0) is 0 Å². The van der Waals surface area contributed by atoms with E-state index in [0.717, 1.165) is 16.9 Å². The fourth-order valence-corrected chi connectivity index (χ4v) is 2.49. The Morgan fingerprint density at radius 3 is 2.64 bits per heavy atom. The Morgan fingerprint density at radius 2 is 1.91 bits per heavy atom. The van der Waals surface area contributed by atoms with Crippen molar-refractivity contribution >= 4 is 5.69 Å². The molecule has 0 aliphatic carbocycles. The fraction of sp³-hybridized carbons (Fsp3) is 0.176. The molecular formula is C17H18N4O. The highest BCUT2D eigenvalue weighted by atomic mass is 16.5. The molecule has 3 aromatic rings. The van der Waals surface area contributed by atoms with E-state index in [2.05, 4.69) is 42.4 Å². The van der Waals surface area contributed by atoms with E-state index < -0.39 is 0 Å². The first-order valence-electron chi connectivity index (χ1n) is 7.02. The largest absolute Gasteiger partial charge is 0.494 e. The van der Waals surface area contributed by atoms with Gasteiger partial charge in [0.2, 0.25) is 0 Å². The maximum absolute atomic E-state index is 5.86. The highest BCUT2D eigenvalue weighted by Crippen LogP contribution is 2.27. The molecule has 0 bridgehead atoms. The molecule has 0 spiro atoms. The van der Waals surface area contributed by atoms with Crippen molar-refractivity contribution in [1.29, 1.82) is 0 Å².